The summed E-state index contributed by atoms with van der Waals surface area (Å²) in [4.78, 5) is 52.5. The zero-order chi connectivity index (χ0) is 30.7. The molecule has 1 saturated heterocycles. The average molecular weight is 573 g/mol. The van der Waals surface area contributed by atoms with Crippen LogP contribution in [0.4, 0.5) is 0 Å². The number of ether oxygens (including phenoxy) is 2. The van der Waals surface area contributed by atoms with E-state index in [1.165, 1.54) is 6.92 Å². The molecule has 41 heavy (non-hydrogen) atoms. The molecule has 11 atom stereocenters. The van der Waals surface area contributed by atoms with Crippen molar-refractivity contribution in [1.82, 2.24) is 0 Å². The van der Waals surface area contributed by atoms with Crippen LogP contribution in [0.1, 0.15) is 74.7 Å². The van der Waals surface area contributed by atoms with Crippen molar-refractivity contribution in [1.29, 1.82) is 0 Å². The highest BCUT2D eigenvalue weighted by Crippen LogP contribution is 2.71. The predicted octanol–water partition coefficient (Wildman–Crippen LogP) is 2.69. The largest absolute Gasteiger partial charge is 0.436 e. The number of rotatable bonds is 2. The van der Waals surface area contributed by atoms with E-state index in [0.29, 0.717) is 5.57 Å². The summed E-state index contributed by atoms with van der Waals surface area (Å²) < 4.78 is 11.6. The molecule has 0 aromatic rings. The van der Waals surface area contributed by atoms with Crippen molar-refractivity contribution in [3.63, 3.8) is 0 Å². The molecular formula is C32H44O9. The molecule has 3 fully saturated rings. The fraction of sp³-hybridized carbons (Fsp3) is 0.750. The summed E-state index contributed by atoms with van der Waals surface area (Å²) in [5.41, 5.74) is -4.21. The van der Waals surface area contributed by atoms with Gasteiger partial charge in [-0.1, -0.05) is 45.4 Å². The molecule has 5 aliphatic rings. The molecule has 1 heterocycles. The van der Waals surface area contributed by atoms with Crippen LogP contribution < -0.4 is 0 Å². The number of esters is 1. The van der Waals surface area contributed by atoms with Crippen LogP contribution in [-0.2, 0) is 28.7 Å². The van der Waals surface area contributed by atoms with Crippen molar-refractivity contribution in [3.8, 4) is 0 Å². The SMILES string of the molecule is CC(=O)O[C@H]1OC(C)(C)[C@@H](O)C(=O)C[C@H]1[C@@H]1[C@H](O)C=C2[C@]3(C)C(=O)C[C@H]4C(C)(C)C(=O)C=C[C@]4(C)[C@H]3[C@H](O)C[C@]21C. The number of hydrogen-bond acceptors (Lipinski definition) is 9. The Morgan fingerprint density at radius 1 is 1.00 bits per heavy atom. The minimum Gasteiger partial charge on any atom is -0.436 e. The molecular weight excluding hydrogens is 528 g/mol. The van der Waals surface area contributed by atoms with Gasteiger partial charge in [0, 0.05) is 42.9 Å². The first-order valence-corrected chi connectivity index (χ1v) is 14.6. The summed E-state index contributed by atoms with van der Waals surface area (Å²) in [6, 6.07) is 0. The van der Waals surface area contributed by atoms with Crippen LogP contribution in [0.3, 0.4) is 0 Å². The second-order valence-corrected chi connectivity index (χ2v) is 14.9. The molecule has 0 amide bonds. The van der Waals surface area contributed by atoms with Crippen molar-refractivity contribution >= 4 is 23.3 Å². The van der Waals surface area contributed by atoms with Crippen molar-refractivity contribution in [2.75, 3.05) is 0 Å². The monoisotopic (exact) mass is 572 g/mol. The van der Waals surface area contributed by atoms with Gasteiger partial charge in [-0.05, 0) is 50.0 Å². The van der Waals surface area contributed by atoms with Gasteiger partial charge in [0.1, 0.15) is 11.9 Å². The van der Waals surface area contributed by atoms with Crippen molar-refractivity contribution < 1.29 is 44.0 Å². The Hall–Kier alpha value is -2.20. The summed E-state index contributed by atoms with van der Waals surface area (Å²) in [6.07, 6.45) is 0.437. The van der Waals surface area contributed by atoms with Crippen molar-refractivity contribution in [3.05, 3.63) is 23.8 Å². The Labute approximate surface area is 241 Å². The molecule has 9 heteroatoms. The van der Waals surface area contributed by atoms with Gasteiger partial charge in [0.25, 0.3) is 0 Å². The summed E-state index contributed by atoms with van der Waals surface area (Å²) in [5.74, 6) is -3.72. The van der Waals surface area contributed by atoms with E-state index >= 15 is 0 Å². The summed E-state index contributed by atoms with van der Waals surface area (Å²) in [6.45, 7) is 13.8. The standard InChI is InChI=1S/C32H44O9/c1-15(33)40-27-16(11-18(35)26(39)29(4,5)41-27)24-17(34)12-21-31(24,7)14-19(36)25-30(6)10-9-22(37)28(2,3)20(30)13-23(38)32(21,25)8/h9-10,12,16-17,19-20,24-27,34,36,39H,11,13-14H2,1-8H3/t16-,17+,19+,20-,24+,25+,26-,27-,30-,31+,32+/m0/s1. The molecule has 5 rings (SSSR count). The van der Waals surface area contributed by atoms with E-state index in [4.69, 9.17) is 9.47 Å². The van der Waals surface area contributed by atoms with Crippen molar-refractivity contribution in [2.24, 2.45) is 45.3 Å². The lowest BCUT2D eigenvalue weighted by Gasteiger charge is -2.65. The first kappa shape index (κ1) is 30.3. The van der Waals surface area contributed by atoms with Gasteiger partial charge in [-0.3, -0.25) is 19.2 Å². The van der Waals surface area contributed by atoms with Crippen LogP contribution >= 0.6 is 0 Å². The number of aliphatic hydroxyl groups excluding tert-OH is 3. The lowest BCUT2D eigenvalue weighted by molar-refractivity contribution is -0.242. The van der Waals surface area contributed by atoms with Gasteiger partial charge in [0.05, 0.1) is 23.2 Å². The van der Waals surface area contributed by atoms with Crippen LogP contribution in [0, 0.1) is 45.3 Å². The van der Waals surface area contributed by atoms with Crippen LogP contribution in [0.5, 0.6) is 0 Å². The number of hydrogen-bond donors (Lipinski definition) is 3. The van der Waals surface area contributed by atoms with Gasteiger partial charge in [-0.25, -0.2) is 0 Å². The molecule has 0 aromatic carbocycles. The topological polar surface area (TPSA) is 147 Å². The molecule has 226 valence electrons. The molecule has 1 aliphatic heterocycles. The van der Waals surface area contributed by atoms with Crippen molar-refractivity contribution in [2.45, 2.75) is 105 Å². The number of carbonyl (C=O) groups excluding carboxylic acids is 4. The van der Waals surface area contributed by atoms with Gasteiger partial charge in [0.15, 0.2) is 11.6 Å². The summed E-state index contributed by atoms with van der Waals surface area (Å²) in [7, 11) is 0. The molecule has 2 saturated carbocycles. The number of fused-ring (bicyclic) bond motifs is 5. The Balaban J connectivity index is 1.62. The second kappa shape index (κ2) is 9.15. The predicted molar refractivity (Wildman–Crippen MR) is 147 cm³/mol. The Kier molecular flexibility index (Phi) is 6.75. The molecule has 0 spiro atoms. The average Bonchev–Trinajstić information content (AvgIpc) is 3.07. The van der Waals surface area contributed by atoms with E-state index in [2.05, 4.69) is 0 Å². The number of carbonyl (C=O) groups is 4. The molecule has 9 nitrogen and oxygen atoms in total. The lowest BCUT2D eigenvalue weighted by atomic mass is 9.38. The van der Waals surface area contributed by atoms with E-state index in [-0.39, 0.29) is 36.7 Å². The van der Waals surface area contributed by atoms with Gasteiger partial charge in [-0.15, -0.1) is 0 Å². The third-order valence-electron chi connectivity index (χ3n) is 11.7. The Morgan fingerprint density at radius 2 is 1.63 bits per heavy atom. The van der Waals surface area contributed by atoms with Crippen LogP contribution in [0.2, 0.25) is 0 Å². The summed E-state index contributed by atoms with van der Waals surface area (Å²) in [5, 5.41) is 34.4. The Morgan fingerprint density at radius 3 is 2.24 bits per heavy atom. The normalized spacial score (nSPS) is 48.5. The number of aliphatic hydroxyl groups is 3. The molecule has 3 N–H and O–H groups in total. The molecule has 0 bridgehead atoms. The Bertz CT molecular complexity index is 1260. The summed E-state index contributed by atoms with van der Waals surface area (Å²) >= 11 is 0. The van der Waals surface area contributed by atoms with E-state index in [1.807, 2.05) is 40.7 Å². The van der Waals surface area contributed by atoms with E-state index in [1.54, 1.807) is 26.0 Å². The van der Waals surface area contributed by atoms with E-state index < -0.39 is 81.4 Å². The third kappa shape index (κ3) is 4.02. The maximum Gasteiger partial charge on any atom is 0.304 e. The van der Waals surface area contributed by atoms with Gasteiger partial charge in [-0.2, -0.15) is 0 Å². The highest BCUT2D eigenvalue weighted by molar-refractivity contribution is 5.98. The molecule has 0 unspecified atom stereocenters. The van der Waals surface area contributed by atoms with E-state index in [0.717, 1.165) is 0 Å². The number of allylic oxidation sites excluding steroid dienone is 3. The van der Waals surface area contributed by atoms with Crippen LogP contribution in [0.15, 0.2) is 23.8 Å². The number of ketones is 3. The second-order valence-electron chi connectivity index (χ2n) is 14.9. The lowest BCUT2D eigenvalue weighted by Crippen LogP contribution is -2.66. The highest BCUT2D eigenvalue weighted by Gasteiger charge is 2.71. The fourth-order valence-corrected chi connectivity index (χ4v) is 9.80. The highest BCUT2D eigenvalue weighted by atomic mass is 16.7. The first-order chi connectivity index (χ1) is 18.7. The molecule has 0 aromatic heterocycles. The van der Waals surface area contributed by atoms with Crippen LogP contribution in [0.25, 0.3) is 0 Å². The molecule has 4 aliphatic carbocycles. The zero-order valence-electron chi connectivity index (χ0n) is 25.3. The maximum atomic E-state index is 14.3. The molecule has 0 radical (unpaired) electrons. The fourth-order valence-electron chi connectivity index (χ4n) is 9.80. The van der Waals surface area contributed by atoms with Gasteiger partial charge in [0.2, 0.25) is 6.29 Å². The quantitative estimate of drug-likeness (QED) is 0.336. The third-order valence-corrected chi connectivity index (χ3v) is 11.7. The first-order valence-electron chi connectivity index (χ1n) is 14.6. The minimum atomic E-state index is -1.47. The maximum absolute atomic E-state index is 14.3. The zero-order valence-corrected chi connectivity index (χ0v) is 25.3. The van der Waals surface area contributed by atoms with Gasteiger partial charge >= 0.3 is 5.97 Å². The van der Waals surface area contributed by atoms with E-state index in [9.17, 15) is 34.5 Å². The minimum absolute atomic E-state index is 0.0401. The smallest absolute Gasteiger partial charge is 0.304 e. The number of Topliss-reactive ketones (excluding diaryl/α,β-unsaturated/α-hetero) is 2. The van der Waals surface area contributed by atoms with Gasteiger partial charge < -0.3 is 24.8 Å². The van der Waals surface area contributed by atoms with Crippen LogP contribution in [-0.4, -0.2) is 68.8 Å².